The Morgan fingerprint density at radius 2 is 2.44 bits per heavy atom. The third kappa shape index (κ3) is 3.08. The zero-order chi connectivity index (χ0) is 12.1. The minimum atomic E-state index is -0.409. The van der Waals surface area contributed by atoms with E-state index in [1.165, 1.54) is 0 Å². The molecule has 1 atom stereocenters. The first kappa shape index (κ1) is 12.7. The molecule has 0 aliphatic heterocycles. The molecule has 1 unspecified atom stereocenters. The van der Waals surface area contributed by atoms with Gasteiger partial charge in [-0.3, -0.25) is 4.79 Å². The van der Waals surface area contributed by atoms with Crippen LogP contribution in [0.2, 0.25) is 5.15 Å². The van der Waals surface area contributed by atoms with Gasteiger partial charge in [-0.1, -0.05) is 22.9 Å². The monoisotopic (exact) mass is 258 g/mol. The van der Waals surface area contributed by atoms with Crippen molar-refractivity contribution in [1.29, 1.82) is 5.26 Å². The lowest BCUT2D eigenvalue weighted by Crippen LogP contribution is -2.37. The van der Waals surface area contributed by atoms with Gasteiger partial charge in [0.25, 0.3) is 0 Å². The number of halogens is 1. The second kappa shape index (κ2) is 5.68. The van der Waals surface area contributed by atoms with Crippen LogP contribution >= 0.6 is 22.9 Å². The van der Waals surface area contributed by atoms with E-state index in [9.17, 15) is 4.79 Å². The highest BCUT2D eigenvalue weighted by Gasteiger charge is 2.15. The molecular formula is C9H11ClN4OS. The van der Waals surface area contributed by atoms with E-state index in [2.05, 4.69) is 15.6 Å². The number of carbonyl (C=O) groups is 1. The number of rotatable bonds is 4. The molecule has 1 rings (SSSR count). The van der Waals surface area contributed by atoms with Crippen molar-refractivity contribution < 1.29 is 4.79 Å². The largest absolute Gasteiger partial charge is 0.355 e. The van der Waals surface area contributed by atoms with E-state index in [0.717, 1.165) is 11.3 Å². The summed E-state index contributed by atoms with van der Waals surface area (Å²) in [7, 11) is 0. The number of carbonyl (C=O) groups excluding carboxylic acids is 1. The quantitative estimate of drug-likeness (QED) is 0.860. The second-order valence-electron chi connectivity index (χ2n) is 3.01. The molecule has 16 heavy (non-hydrogen) atoms. The van der Waals surface area contributed by atoms with Gasteiger partial charge in [-0.05, 0) is 13.8 Å². The zero-order valence-electron chi connectivity index (χ0n) is 8.87. The van der Waals surface area contributed by atoms with Crippen LogP contribution in [-0.4, -0.2) is 23.5 Å². The van der Waals surface area contributed by atoms with Gasteiger partial charge in [-0.2, -0.15) is 5.26 Å². The van der Waals surface area contributed by atoms with Crippen LogP contribution in [0.5, 0.6) is 0 Å². The normalized spacial score (nSPS) is 11.6. The minimum Gasteiger partial charge on any atom is -0.355 e. The maximum atomic E-state index is 11.4. The average Bonchev–Trinajstić information content (AvgIpc) is 2.59. The molecule has 2 N–H and O–H groups in total. The van der Waals surface area contributed by atoms with Gasteiger partial charge in [-0.25, -0.2) is 4.98 Å². The third-order valence-corrected chi connectivity index (χ3v) is 3.05. The molecule has 1 aromatic rings. The Hall–Kier alpha value is -1.32. The summed E-state index contributed by atoms with van der Waals surface area (Å²) in [6.07, 6.45) is 0. The van der Waals surface area contributed by atoms with Crippen molar-refractivity contribution in [3.63, 3.8) is 0 Å². The first-order valence-electron chi connectivity index (χ1n) is 4.69. The number of aromatic nitrogens is 1. The summed E-state index contributed by atoms with van der Waals surface area (Å²) in [5.41, 5.74) is 0. The molecule has 0 bridgehead atoms. The van der Waals surface area contributed by atoms with Gasteiger partial charge in [0, 0.05) is 6.54 Å². The van der Waals surface area contributed by atoms with Crippen molar-refractivity contribution in [3.8, 4) is 6.07 Å². The Labute approximate surface area is 102 Å². The van der Waals surface area contributed by atoms with E-state index in [1.54, 1.807) is 6.92 Å². The van der Waals surface area contributed by atoms with Gasteiger partial charge >= 0.3 is 0 Å². The van der Waals surface area contributed by atoms with Crippen LogP contribution in [0.1, 0.15) is 18.7 Å². The third-order valence-electron chi connectivity index (χ3n) is 1.77. The van der Waals surface area contributed by atoms with Gasteiger partial charge in [0.1, 0.15) is 17.0 Å². The number of likely N-dealkylation sites (N-methyl/N-ethyl adjacent to an activating group) is 1. The SMILES string of the molecule is CCNC(=O)C(C)Nc1nc(Cl)c(C#N)s1. The molecule has 0 fully saturated rings. The van der Waals surface area contributed by atoms with Crippen molar-refractivity contribution in [2.75, 3.05) is 11.9 Å². The molecule has 0 radical (unpaired) electrons. The molecule has 1 heterocycles. The van der Waals surface area contributed by atoms with Crippen LogP contribution in [0.25, 0.3) is 0 Å². The number of amides is 1. The Morgan fingerprint density at radius 3 is 2.94 bits per heavy atom. The van der Waals surface area contributed by atoms with Gasteiger partial charge < -0.3 is 10.6 Å². The Morgan fingerprint density at radius 1 is 1.75 bits per heavy atom. The van der Waals surface area contributed by atoms with Crippen LogP contribution in [0, 0.1) is 11.3 Å². The summed E-state index contributed by atoms with van der Waals surface area (Å²) in [5.74, 6) is -0.118. The fourth-order valence-electron chi connectivity index (χ4n) is 1.01. The highest BCUT2D eigenvalue weighted by molar-refractivity contribution is 7.16. The zero-order valence-corrected chi connectivity index (χ0v) is 10.4. The topological polar surface area (TPSA) is 77.8 Å². The average molecular weight is 259 g/mol. The van der Waals surface area contributed by atoms with E-state index in [-0.39, 0.29) is 11.1 Å². The molecule has 86 valence electrons. The molecular weight excluding hydrogens is 248 g/mol. The number of hydrogen-bond acceptors (Lipinski definition) is 5. The van der Waals surface area contributed by atoms with Gasteiger partial charge in [0.05, 0.1) is 0 Å². The molecule has 7 heteroatoms. The second-order valence-corrected chi connectivity index (χ2v) is 4.37. The predicted octanol–water partition coefficient (Wildman–Crippen LogP) is 1.60. The van der Waals surface area contributed by atoms with Crippen molar-refractivity contribution in [1.82, 2.24) is 10.3 Å². The van der Waals surface area contributed by atoms with Gasteiger partial charge in [-0.15, -0.1) is 0 Å². The van der Waals surface area contributed by atoms with Crippen LogP contribution in [0.15, 0.2) is 0 Å². The molecule has 5 nitrogen and oxygen atoms in total. The van der Waals surface area contributed by atoms with E-state index in [1.807, 2.05) is 13.0 Å². The molecule has 0 spiro atoms. The standard InChI is InChI=1S/C9H11ClN4OS/c1-3-12-8(15)5(2)13-9-14-7(10)6(4-11)16-9/h5H,3H2,1-2H3,(H,12,15)(H,13,14). The molecule has 0 aromatic carbocycles. The maximum Gasteiger partial charge on any atom is 0.242 e. The summed E-state index contributed by atoms with van der Waals surface area (Å²) < 4.78 is 0. The highest BCUT2D eigenvalue weighted by atomic mass is 35.5. The Bertz CT molecular complexity index is 426. The van der Waals surface area contributed by atoms with Crippen molar-refractivity contribution in [2.24, 2.45) is 0 Å². The number of nitriles is 1. The smallest absolute Gasteiger partial charge is 0.242 e. The lowest BCUT2D eigenvalue weighted by Gasteiger charge is -2.11. The molecule has 0 aliphatic carbocycles. The number of anilines is 1. The first-order chi connectivity index (χ1) is 7.58. The lowest BCUT2D eigenvalue weighted by molar-refractivity contribution is -0.121. The number of thiazole rings is 1. The fourth-order valence-corrected chi connectivity index (χ4v) is 2.04. The molecule has 0 saturated heterocycles. The first-order valence-corrected chi connectivity index (χ1v) is 5.88. The predicted molar refractivity (Wildman–Crippen MR) is 63.6 cm³/mol. The number of nitrogens with one attached hydrogen (secondary N) is 2. The van der Waals surface area contributed by atoms with E-state index >= 15 is 0 Å². The van der Waals surface area contributed by atoms with Gasteiger partial charge in [0.15, 0.2) is 10.3 Å². The summed E-state index contributed by atoms with van der Waals surface area (Å²) in [4.78, 5) is 15.7. The summed E-state index contributed by atoms with van der Waals surface area (Å²) in [5, 5.41) is 14.9. The van der Waals surface area contributed by atoms with Crippen molar-refractivity contribution in [2.45, 2.75) is 19.9 Å². The van der Waals surface area contributed by atoms with Crippen LogP contribution in [-0.2, 0) is 4.79 Å². The van der Waals surface area contributed by atoms with Crippen molar-refractivity contribution in [3.05, 3.63) is 10.0 Å². The Kier molecular flexibility index (Phi) is 4.52. The molecule has 0 saturated carbocycles. The summed E-state index contributed by atoms with van der Waals surface area (Å²) >= 11 is 6.83. The summed E-state index contributed by atoms with van der Waals surface area (Å²) in [6, 6.07) is 1.52. The van der Waals surface area contributed by atoms with Crippen molar-refractivity contribution >= 4 is 34.0 Å². The number of hydrogen-bond donors (Lipinski definition) is 2. The van der Waals surface area contributed by atoms with Crippen LogP contribution in [0.4, 0.5) is 5.13 Å². The maximum absolute atomic E-state index is 11.4. The van der Waals surface area contributed by atoms with Gasteiger partial charge in [0.2, 0.25) is 5.91 Å². The van der Waals surface area contributed by atoms with E-state index < -0.39 is 6.04 Å². The Balaban J connectivity index is 2.66. The lowest BCUT2D eigenvalue weighted by atomic mass is 10.3. The fraction of sp³-hybridized carbons (Fsp3) is 0.444. The van der Waals surface area contributed by atoms with Crippen LogP contribution in [0.3, 0.4) is 0 Å². The minimum absolute atomic E-state index is 0.118. The number of nitrogens with zero attached hydrogens (tertiary/aromatic N) is 2. The molecule has 1 aromatic heterocycles. The summed E-state index contributed by atoms with van der Waals surface area (Å²) in [6.45, 7) is 4.14. The molecule has 1 amide bonds. The van der Waals surface area contributed by atoms with E-state index in [4.69, 9.17) is 16.9 Å². The highest BCUT2D eigenvalue weighted by Crippen LogP contribution is 2.26. The molecule has 0 aliphatic rings. The van der Waals surface area contributed by atoms with E-state index in [0.29, 0.717) is 16.6 Å². The van der Waals surface area contributed by atoms with Crippen LogP contribution < -0.4 is 10.6 Å².